The summed E-state index contributed by atoms with van der Waals surface area (Å²) >= 11 is 1.51. The molecule has 0 saturated heterocycles. The number of hydrogen-bond donors (Lipinski definition) is 1. The Morgan fingerprint density at radius 3 is 2.78 bits per heavy atom. The van der Waals surface area contributed by atoms with E-state index in [0.717, 1.165) is 22.0 Å². The third kappa shape index (κ3) is 4.50. The minimum atomic E-state index is -0.734. The average molecular weight is 385 g/mol. The Kier molecular flexibility index (Phi) is 5.83. The van der Waals surface area contributed by atoms with Crippen molar-refractivity contribution in [2.75, 3.05) is 14.2 Å². The van der Waals surface area contributed by atoms with Gasteiger partial charge < -0.3 is 10.5 Å². The van der Waals surface area contributed by atoms with Crippen molar-refractivity contribution in [1.29, 1.82) is 0 Å². The van der Waals surface area contributed by atoms with Crippen LogP contribution in [-0.2, 0) is 11.3 Å². The molecular formula is C20H20FN3O2S. The number of ether oxygens (including phenoxy) is 1. The quantitative estimate of drug-likeness (QED) is 0.675. The molecule has 2 N–H and O–H groups in total. The normalized spacial score (nSPS) is 12.1. The van der Waals surface area contributed by atoms with Crippen LogP contribution in [0.4, 0.5) is 4.39 Å². The van der Waals surface area contributed by atoms with Gasteiger partial charge in [-0.15, -0.1) is 11.3 Å². The molecule has 5 nitrogen and oxygen atoms in total. The molecule has 1 amide bonds. The van der Waals surface area contributed by atoms with Crippen LogP contribution in [0.3, 0.4) is 0 Å². The molecule has 0 radical (unpaired) electrons. The monoisotopic (exact) mass is 385 g/mol. The van der Waals surface area contributed by atoms with E-state index < -0.39 is 17.8 Å². The van der Waals surface area contributed by atoms with E-state index >= 15 is 0 Å². The zero-order valence-electron chi connectivity index (χ0n) is 15.1. The summed E-state index contributed by atoms with van der Waals surface area (Å²) in [6.07, 6.45) is 0. The highest BCUT2D eigenvalue weighted by atomic mass is 32.1. The largest absolute Gasteiger partial charge is 0.497 e. The Labute approximate surface area is 161 Å². The summed E-state index contributed by atoms with van der Waals surface area (Å²) in [7, 11) is 3.39. The molecule has 1 heterocycles. The van der Waals surface area contributed by atoms with Gasteiger partial charge in [0.1, 0.15) is 22.6 Å². The molecule has 0 aliphatic rings. The van der Waals surface area contributed by atoms with E-state index in [1.807, 2.05) is 29.6 Å². The summed E-state index contributed by atoms with van der Waals surface area (Å²) in [5, 5.41) is 2.80. The fourth-order valence-corrected chi connectivity index (χ4v) is 3.74. The predicted octanol–water partition coefficient (Wildman–Crippen LogP) is 3.62. The average Bonchev–Trinajstić information content (AvgIpc) is 3.10. The molecule has 140 valence electrons. The lowest BCUT2D eigenvalue weighted by Crippen LogP contribution is -2.35. The third-order valence-corrected chi connectivity index (χ3v) is 5.09. The SMILES string of the molecule is COc1cccc(-c2nc(CN(C)C(C(N)=O)c3cccc(F)c3)cs2)c1. The number of halogens is 1. The fourth-order valence-electron chi connectivity index (χ4n) is 2.93. The Hall–Kier alpha value is -2.77. The van der Waals surface area contributed by atoms with E-state index in [-0.39, 0.29) is 0 Å². The van der Waals surface area contributed by atoms with Gasteiger partial charge in [-0.3, -0.25) is 9.69 Å². The minimum absolute atomic E-state index is 0.402. The molecule has 0 spiro atoms. The maximum absolute atomic E-state index is 13.5. The number of likely N-dealkylation sites (N-methyl/N-ethyl adjacent to an activating group) is 1. The number of rotatable bonds is 7. The van der Waals surface area contributed by atoms with Gasteiger partial charge in [-0.2, -0.15) is 0 Å². The van der Waals surface area contributed by atoms with Crippen LogP contribution in [-0.4, -0.2) is 29.9 Å². The number of primary amides is 1. The molecule has 0 fully saturated rings. The van der Waals surface area contributed by atoms with Gasteiger partial charge in [0.05, 0.1) is 12.8 Å². The molecule has 1 atom stereocenters. The number of nitrogens with zero attached hydrogens (tertiary/aromatic N) is 2. The minimum Gasteiger partial charge on any atom is -0.497 e. The van der Waals surface area contributed by atoms with Crippen molar-refractivity contribution in [3.63, 3.8) is 0 Å². The molecule has 2 aromatic carbocycles. The highest BCUT2D eigenvalue weighted by Crippen LogP contribution is 2.28. The van der Waals surface area contributed by atoms with Crippen LogP contribution in [0.5, 0.6) is 5.75 Å². The van der Waals surface area contributed by atoms with Crippen LogP contribution >= 0.6 is 11.3 Å². The molecule has 0 aliphatic heterocycles. The number of amides is 1. The van der Waals surface area contributed by atoms with Gasteiger partial charge in [0.2, 0.25) is 5.91 Å². The molecule has 3 aromatic rings. The molecule has 27 heavy (non-hydrogen) atoms. The van der Waals surface area contributed by atoms with Gasteiger partial charge in [0.25, 0.3) is 0 Å². The lowest BCUT2D eigenvalue weighted by atomic mass is 10.0. The summed E-state index contributed by atoms with van der Waals surface area (Å²) in [6, 6.07) is 12.9. The van der Waals surface area contributed by atoms with Gasteiger partial charge in [-0.05, 0) is 36.9 Å². The predicted molar refractivity (Wildman–Crippen MR) is 104 cm³/mol. The molecular weight excluding hydrogens is 365 g/mol. The van der Waals surface area contributed by atoms with E-state index in [1.54, 1.807) is 31.2 Å². The van der Waals surface area contributed by atoms with Gasteiger partial charge in [-0.25, -0.2) is 9.37 Å². The van der Waals surface area contributed by atoms with E-state index in [9.17, 15) is 9.18 Å². The fraction of sp³-hybridized carbons (Fsp3) is 0.200. The maximum Gasteiger partial charge on any atom is 0.239 e. The Morgan fingerprint density at radius 1 is 1.30 bits per heavy atom. The van der Waals surface area contributed by atoms with Crippen LogP contribution in [0.25, 0.3) is 10.6 Å². The molecule has 0 saturated carbocycles. The maximum atomic E-state index is 13.5. The molecule has 1 unspecified atom stereocenters. The highest BCUT2D eigenvalue weighted by Gasteiger charge is 2.24. The van der Waals surface area contributed by atoms with E-state index in [4.69, 9.17) is 10.5 Å². The smallest absolute Gasteiger partial charge is 0.239 e. The summed E-state index contributed by atoms with van der Waals surface area (Å²) in [5.74, 6) is -0.172. The van der Waals surface area contributed by atoms with Gasteiger partial charge in [-0.1, -0.05) is 24.3 Å². The van der Waals surface area contributed by atoms with Crippen molar-refractivity contribution in [3.05, 3.63) is 71.0 Å². The summed E-state index contributed by atoms with van der Waals surface area (Å²) in [5.41, 5.74) is 7.86. The lowest BCUT2D eigenvalue weighted by molar-refractivity contribution is -0.123. The van der Waals surface area contributed by atoms with Crippen LogP contribution in [0.15, 0.2) is 53.9 Å². The van der Waals surface area contributed by atoms with Crippen LogP contribution < -0.4 is 10.5 Å². The van der Waals surface area contributed by atoms with Gasteiger partial charge in [0.15, 0.2) is 0 Å². The number of thiazole rings is 1. The molecule has 0 bridgehead atoms. The standard InChI is InChI=1S/C20H20FN3O2S/c1-24(18(19(22)25)13-5-3-7-15(21)9-13)11-16-12-27-20(23-16)14-6-4-8-17(10-14)26-2/h3-10,12,18H,11H2,1-2H3,(H2,22,25). The number of hydrogen-bond acceptors (Lipinski definition) is 5. The molecule has 0 aliphatic carbocycles. The number of benzene rings is 2. The number of carbonyl (C=O) groups excluding carboxylic acids is 1. The van der Waals surface area contributed by atoms with Crippen molar-refractivity contribution >= 4 is 17.2 Å². The van der Waals surface area contributed by atoms with Crippen LogP contribution in [0, 0.1) is 5.82 Å². The first-order valence-electron chi connectivity index (χ1n) is 8.32. The lowest BCUT2D eigenvalue weighted by Gasteiger charge is -2.25. The second kappa shape index (κ2) is 8.28. The van der Waals surface area contributed by atoms with Crippen molar-refractivity contribution in [3.8, 4) is 16.3 Å². The van der Waals surface area contributed by atoms with E-state index in [2.05, 4.69) is 4.98 Å². The Morgan fingerprint density at radius 2 is 2.07 bits per heavy atom. The topological polar surface area (TPSA) is 68.4 Å². The van der Waals surface area contributed by atoms with Crippen molar-refractivity contribution < 1.29 is 13.9 Å². The zero-order valence-corrected chi connectivity index (χ0v) is 15.9. The summed E-state index contributed by atoms with van der Waals surface area (Å²) < 4.78 is 18.8. The highest BCUT2D eigenvalue weighted by molar-refractivity contribution is 7.13. The van der Waals surface area contributed by atoms with Crippen LogP contribution in [0.2, 0.25) is 0 Å². The van der Waals surface area contributed by atoms with Crippen LogP contribution in [0.1, 0.15) is 17.3 Å². The summed E-state index contributed by atoms with van der Waals surface area (Å²) in [6.45, 7) is 0.407. The van der Waals surface area contributed by atoms with Crippen molar-refractivity contribution in [2.45, 2.75) is 12.6 Å². The first-order chi connectivity index (χ1) is 13.0. The number of methoxy groups -OCH3 is 1. The summed E-state index contributed by atoms with van der Waals surface area (Å²) in [4.78, 5) is 18.4. The molecule has 1 aromatic heterocycles. The molecule has 3 rings (SSSR count). The Balaban J connectivity index is 1.79. The van der Waals surface area contributed by atoms with Crippen molar-refractivity contribution in [2.24, 2.45) is 5.73 Å². The number of aromatic nitrogens is 1. The first-order valence-corrected chi connectivity index (χ1v) is 9.19. The van der Waals surface area contributed by atoms with Gasteiger partial charge >= 0.3 is 0 Å². The van der Waals surface area contributed by atoms with E-state index in [0.29, 0.717) is 12.1 Å². The van der Waals surface area contributed by atoms with E-state index in [1.165, 1.54) is 23.5 Å². The Bertz CT molecular complexity index is 944. The zero-order chi connectivity index (χ0) is 19.4. The second-order valence-corrected chi connectivity index (χ2v) is 7.01. The molecule has 7 heteroatoms. The van der Waals surface area contributed by atoms with Gasteiger partial charge in [0, 0.05) is 17.5 Å². The van der Waals surface area contributed by atoms with Crippen molar-refractivity contribution in [1.82, 2.24) is 9.88 Å². The second-order valence-electron chi connectivity index (χ2n) is 6.15. The number of carbonyl (C=O) groups is 1. The number of nitrogens with two attached hydrogens (primary N) is 1. The first kappa shape index (κ1) is 19.0. The third-order valence-electron chi connectivity index (χ3n) is 4.15.